The predicted octanol–water partition coefficient (Wildman–Crippen LogP) is 2.90. The second-order valence-corrected chi connectivity index (χ2v) is 5.00. The van der Waals surface area contributed by atoms with E-state index < -0.39 is 0 Å². The summed E-state index contributed by atoms with van der Waals surface area (Å²) in [6, 6.07) is 9.95. The number of hydrogen-bond acceptors (Lipinski definition) is 1. The van der Waals surface area contributed by atoms with Crippen molar-refractivity contribution in [2.24, 2.45) is 5.92 Å². The Morgan fingerprint density at radius 3 is 2.18 bits per heavy atom. The normalized spacial score (nSPS) is 18.1. The summed E-state index contributed by atoms with van der Waals surface area (Å²) in [6.07, 6.45) is 8.57. The molecule has 0 N–H and O–H groups in total. The molecule has 1 aliphatic rings. The van der Waals surface area contributed by atoms with Gasteiger partial charge in [-0.2, -0.15) is 0 Å². The van der Waals surface area contributed by atoms with Crippen LogP contribution in [-0.2, 0) is 4.79 Å². The van der Waals surface area contributed by atoms with Crippen molar-refractivity contribution in [2.45, 2.75) is 44.9 Å². The molecule has 17 heavy (non-hydrogen) atoms. The van der Waals surface area contributed by atoms with Crippen LogP contribution in [0.3, 0.4) is 0 Å². The fourth-order valence-corrected chi connectivity index (χ4v) is 2.57. The molecule has 0 atom stereocenters. The molecule has 0 aliphatic heterocycles. The first-order valence-corrected chi connectivity index (χ1v) is 6.80. The van der Waals surface area contributed by atoms with E-state index >= 15 is 0 Å². The lowest BCUT2D eigenvalue weighted by atomic mass is 9.61. The van der Waals surface area contributed by atoms with Crippen LogP contribution >= 0.6 is 0 Å². The van der Waals surface area contributed by atoms with Crippen LogP contribution in [-0.4, -0.2) is 13.0 Å². The largest absolute Gasteiger partial charge is 0.311 e. The smallest absolute Gasteiger partial charge is 0.241 e. The van der Waals surface area contributed by atoms with Crippen LogP contribution in [0, 0.1) is 5.92 Å². The lowest BCUT2D eigenvalue weighted by Gasteiger charge is -2.18. The Labute approximate surface area is 105 Å². The topological polar surface area (TPSA) is 17.1 Å². The third-order valence-electron chi connectivity index (χ3n) is 3.62. The second-order valence-electron chi connectivity index (χ2n) is 5.00. The molecule has 0 aromatic heterocycles. The first-order chi connectivity index (χ1) is 8.36. The number of rotatable bonds is 3. The molecule has 0 saturated heterocycles. The molecule has 89 valence electrons. The molecular weight excluding hydrogens is 207 g/mol. The Bertz CT molecular complexity index is 339. The number of carbonyl (C=O) groups is 1. The Balaban J connectivity index is 1.89. The predicted molar refractivity (Wildman–Crippen MR) is 72.6 cm³/mol. The minimum Gasteiger partial charge on any atom is -0.311 e. The minimum absolute atomic E-state index is 0.274. The standard InChI is InChI=1S/C15H20BO/c17-15(16-14-11-7-4-8-12-14)13-9-5-2-1-3-6-10-13/h4,7-8,11-13H,1-3,5-6,9-10H2. The highest BCUT2D eigenvalue weighted by Gasteiger charge is 2.19. The zero-order valence-corrected chi connectivity index (χ0v) is 10.4. The van der Waals surface area contributed by atoms with Crippen LogP contribution in [0.1, 0.15) is 44.9 Å². The fourth-order valence-electron chi connectivity index (χ4n) is 2.57. The van der Waals surface area contributed by atoms with E-state index in [4.69, 9.17) is 0 Å². The van der Waals surface area contributed by atoms with Crippen molar-refractivity contribution >= 4 is 18.4 Å². The van der Waals surface area contributed by atoms with Gasteiger partial charge in [-0.3, -0.25) is 0 Å². The van der Waals surface area contributed by atoms with Gasteiger partial charge in [0.15, 0.2) is 0 Å². The van der Waals surface area contributed by atoms with Gasteiger partial charge in [0.1, 0.15) is 0 Å². The van der Waals surface area contributed by atoms with Gasteiger partial charge >= 0.3 is 0 Å². The summed E-state index contributed by atoms with van der Waals surface area (Å²) < 4.78 is 0. The van der Waals surface area contributed by atoms with Crippen molar-refractivity contribution in [1.82, 2.24) is 0 Å². The molecule has 2 heteroatoms. The van der Waals surface area contributed by atoms with Crippen molar-refractivity contribution in [3.8, 4) is 0 Å². The molecule has 1 radical (unpaired) electrons. The van der Waals surface area contributed by atoms with Gasteiger partial charge in [0.25, 0.3) is 0 Å². The molecule has 0 amide bonds. The zero-order valence-electron chi connectivity index (χ0n) is 10.4. The minimum atomic E-state index is 0.274. The maximum absolute atomic E-state index is 12.2. The van der Waals surface area contributed by atoms with Crippen molar-refractivity contribution in [3.63, 3.8) is 0 Å². The Morgan fingerprint density at radius 1 is 0.941 bits per heavy atom. The van der Waals surface area contributed by atoms with E-state index in [1.165, 1.54) is 32.1 Å². The molecule has 1 fully saturated rings. The van der Waals surface area contributed by atoms with Gasteiger partial charge in [0, 0.05) is 5.92 Å². The SMILES string of the molecule is O=C([B]c1ccccc1)C1CCCCCCC1. The Kier molecular flexibility index (Phi) is 4.84. The van der Waals surface area contributed by atoms with Crippen molar-refractivity contribution in [1.29, 1.82) is 0 Å². The Hall–Kier alpha value is -1.05. The third kappa shape index (κ3) is 4.03. The monoisotopic (exact) mass is 227 g/mol. The van der Waals surface area contributed by atoms with Gasteiger partial charge in [-0.05, 0) is 12.8 Å². The summed E-state index contributed by atoms with van der Waals surface area (Å²) >= 11 is 0. The van der Waals surface area contributed by atoms with Crippen LogP contribution in [0.15, 0.2) is 30.3 Å². The third-order valence-corrected chi connectivity index (χ3v) is 3.62. The van der Waals surface area contributed by atoms with E-state index in [0.29, 0.717) is 5.68 Å². The number of carbonyl (C=O) groups excluding carboxylic acids is 1. The summed E-state index contributed by atoms with van der Waals surface area (Å²) in [5.74, 6) is 0.274. The molecule has 0 unspecified atom stereocenters. The first-order valence-electron chi connectivity index (χ1n) is 6.80. The molecule has 0 spiro atoms. The summed E-state index contributed by atoms with van der Waals surface area (Å²) in [5, 5.41) is 0. The van der Waals surface area contributed by atoms with E-state index in [-0.39, 0.29) is 5.92 Å². The highest BCUT2D eigenvalue weighted by Crippen LogP contribution is 2.22. The average Bonchev–Trinajstić information content (AvgIpc) is 2.29. The highest BCUT2D eigenvalue weighted by atomic mass is 16.1. The van der Waals surface area contributed by atoms with Gasteiger partial charge in [-0.15, -0.1) is 0 Å². The lowest BCUT2D eigenvalue weighted by Crippen LogP contribution is -2.30. The highest BCUT2D eigenvalue weighted by molar-refractivity contribution is 6.84. The Morgan fingerprint density at radius 2 is 1.53 bits per heavy atom. The van der Waals surface area contributed by atoms with E-state index in [9.17, 15) is 4.79 Å². The molecule has 1 aromatic rings. The van der Waals surface area contributed by atoms with Gasteiger partial charge in [-0.25, -0.2) is 0 Å². The van der Waals surface area contributed by atoms with Crippen LogP contribution in [0.4, 0.5) is 0 Å². The fraction of sp³-hybridized carbons (Fsp3) is 0.533. The van der Waals surface area contributed by atoms with E-state index in [1.807, 2.05) is 37.6 Å². The van der Waals surface area contributed by atoms with E-state index in [0.717, 1.165) is 18.3 Å². The van der Waals surface area contributed by atoms with Crippen molar-refractivity contribution < 1.29 is 4.79 Å². The maximum Gasteiger partial charge on any atom is 0.241 e. The van der Waals surface area contributed by atoms with Gasteiger partial charge in [0.05, 0.1) is 5.68 Å². The number of hydrogen-bond donors (Lipinski definition) is 0. The molecule has 1 aromatic carbocycles. The van der Waals surface area contributed by atoms with Gasteiger partial charge in [0.2, 0.25) is 7.28 Å². The van der Waals surface area contributed by atoms with Crippen LogP contribution < -0.4 is 5.46 Å². The molecule has 1 saturated carbocycles. The lowest BCUT2D eigenvalue weighted by molar-refractivity contribution is -0.115. The van der Waals surface area contributed by atoms with Crippen molar-refractivity contribution in [3.05, 3.63) is 30.3 Å². The summed E-state index contributed by atoms with van der Waals surface area (Å²) in [6.45, 7) is 0. The van der Waals surface area contributed by atoms with Crippen LogP contribution in [0.5, 0.6) is 0 Å². The maximum atomic E-state index is 12.2. The first kappa shape index (κ1) is 12.4. The molecule has 0 heterocycles. The summed E-state index contributed by atoms with van der Waals surface area (Å²) in [4.78, 5) is 12.2. The second kappa shape index (κ2) is 6.63. The molecule has 0 bridgehead atoms. The quantitative estimate of drug-likeness (QED) is 0.725. The van der Waals surface area contributed by atoms with E-state index in [2.05, 4.69) is 0 Å². The van der Waals surface area contributed by atoms with Gasteiger partial charge < -0.3 is 4.79 Å². The summed E-state index contributed by atoms with van der Waals surface area (Å²) in [5.41, 5.74) is 1.37. The molecule has 1 nitrogen and oxygen atoms in total. The molecule has 2 rings (SSSR count). The molecule has 1 aliphatic carbocycles. The van der Waals surface area contributed by atoms with Crippen LogP contribution in [0.25, 0.3) is 0 Å². The average molecular weight is 227 g/mol. The molecular formula is C15H20BO. The van der Waals surface area contributed by atoms with Crippen molar-refractivity contribution in [2.75, 3.05) is 0 Å². The summed E-state index contributed by atoms with van der Waals surface area (Å²) in [7, 11) is 1.83. The number of benzene rings is 1. The van der Waals surface area contributed by atoms with E-state index in [1.54, 1.807) is 0 Å². The van der Waals surface area contributed by atoms with Gasteiger partial charge in [-0.1, -0.05) is 67.9 Å². The van der Waals surface area contributed by atoms with Crippen LogP contribution in [0.2, 0.25) is 0 Å². The zero-order chi connectivity index (χ0) is 11.9.